The Labute approximate surface area is 132 Å². The van der Waals surface area contributed by atoms with E-state index in [0.717, 1.165) is 27.6 Å². The Kier molecular flexibility index (Phi) is 4.72. The monoisotopic (exact) mass is 354 g/mol. The van der Waals surface area contributed by atoms with E-state index in [-0.39, 0.29) is 4.32 Å². The van der Waals surface area contributed by atoms with Gasteiger partial charge in [-0.3, -0.25) is 0 Å². The summed E-state index contributed by atoms with van der Waals surface area (Å²) in [6.45, 7) is 3.85. The van der Waals surface area contributed by atoms with Crippen LogP contribution in [0.4, 0.5) is 0 Å². The third-order valence-corrected chi connectivity index (χ3v) is 4.77. The zero-order chi connectivity index (χ0) is 13.9. The fraction of sp³-hybridized carbons (Fsp3) is 0.125. The number of halogens is 3. The van der Waals surface area contributed by atoms with E-state index in [0.29, 0.717) is 0 Å². The van der Waals surface area contributed by atoms with E-state index in [4.69, 9.17) is 23.2 Å². The Bertz CT molecular complexity index is 513. The van der Waals surface area contributed by atoms with Crippen molar-refractivity contribution in [1.82, 2.24) is 0 Å². The summed E-state index contributed by atoms with van der Waals surface area (Å²) in [5, 5.41) is 1.46. The number of benzene rings is 2. The van der Waals surface area contributed by atoms with Crippen LogP contribution in [0.3, 0.4) is 0 Å². The number of rotatable bonds is 4. The molecule has 0 amide bonds. The van der Waals surface area contributed by atoms with E-state index in [2.05, 4.69) is 22.5 Å². The molecule has 0 fully saturated rings. The van der Waals surface area contributed by atoms with Gasteiger partial charge < -0.3 is 0 Å². The highest BCUT2D eigenvalue weighted by atomic mass is 79.9. The first-order chi connectivity index (χ1) is 9.06. The average Bonchev–Trinajstić information content (AvgIpc) is 2.40. The molecule has 0 aliphatic rings. The third-order valence-electron chi connectivity index (χ3n) is 3.03. The van der Waals surface area contributed by atoms with Crippen LogP contribution in [-0.4, -0.2) is 0 Å². The highest BCUT2D eigenvalue weighted by molar-refractivity contribution is 9.09. The Morgan fingerprint density at radius 3 is 1.58 bits per heavy atom. The molecule has 2 aromatic rings. The van der Waals surface area contributed by atoms with Gasteiger partial charge in [-0.2, -0.15) is 0 Å². The Hall–Kier alpha value is -0.760. The van der Waals surface area contributed by atoms with Crippen LogP contribution in [0.1, 0.15) is 17.5 Å². The van der Waals surface area contributed by atoms with E-state index in [1.54, 1.807) is 0 Å². The van der Waals surface area contributed by atoms with Crippen LogP contribution in [0.5, 0.6) is 0 Å². The number of allylic oxidation sites excluding steroid dienone is 1. The molecule has 0 heterocycles. The zero-order valence-corrected chi connectivity index (χ0v) is 13.3. The molecule has 0 atom stereocenters. The maximum atomic E-state index is 5.95. The van der Waals surface area contributed by atoms with Crippen LogP contribution in [0, 0.1) is 0 Å². The first-order valence-corrected chi connectivity index (χ1v) is 7.43. The quantitative estimate of drug-likeness (QED) is 0.451. The second-order valence-electron chi connectivity index (χ2n) is 4.31. The minimum Gasteiger partial charge on any atom is -0.103 e. The van der Waals surface area contributed by atoms with Gasteiger partial charge in [0.25, 0.3) is 0 Å². The van der Waals surface area contributed by atoms with Crippen LogP contribution in [0.25, 0.3) is 0 Å². The van der Waals surface area contributed by atoms with Crippen molar-refractivity contribution in [1.29, 1.82) is 0 Å². The third kappa shape index (κ3) is 3.22. The molecule has 0 radical (unpaired) electrons. The highest BCUT2D eigenvalue weighted by Gasteiger charge is 2.29. The molecule has 2 rings (SSSR count). The number of alkyl halides is 1. The summed E-state index contributed by atoms with van der Waals surface area (Å²) in [7, 11) is 0. The molecule has 98 valence electrons. The lowest BCUT2D eigenvalue weighted by molar-refractivity contribution is 0.775. The first kappa shape index (κ1) is 14.6. The average molecular weight is 356 g/mol. The van der Waals surface area contributed by atoms with E-state index in [1.165, 1.54) is 0 Å². The lowest BCUT2D eigenvalue weighted by atomic mass is 9.88. The van der Waals surface area contributed by atoms with Crippen molar-refractivity contribution in [2.45, 2.75) is 10.7 Å². The Balaban J connectivity index is 2.50. The van der Waals surface area contributed by atoms with Crippen molar-refractivity contribution in [2.24, 2.45) is 0 Å². The van der Waals surface area contributed by atoms with Crippen molar-refractivity contribution in [3.8, 4) is 0 Å². The number of hydrogen-bond acceptors (Lipinski definition) is 0. The van der Waals surface area contributed by atoms with Crippen molar-refractivity contribution < 1.29 is 0 Å². The molecule has 3 heteroatoms. The molecule has 0 N–H and O–H groups in total. The van der Waals surface area contributed by atoms with Crippen LogP contribution in [-0.2, 0) is 4.32 Å². The molecule has 0 bridgehead atoms. The molecule has 0 aliphatic carbocycles. The predicted molar refractivity (Wildman–Crippen MR) is 87.4 cm³/mol. The largest absolute Gasteiger partial charge is 0.103 e. The van der Waals surface area contributed by atoms with Gasteiger partial charge in [0, 0.05) is 10.0 Å². The van der Waals surface area contributed by atoms with Crippen LogP contribution < -0.4 is 0 Å². The van der Waals surface area contributed by atoms with Crippen molar-refractivity contribution in [3.63, 3.8) is 0 Å². The molecule has 2 aromatic carbocycles. The summed E-state index contributed by atoms with van der Waals surface area (Å²) in [6.07, 6.45) is 2.67. The molecule has 0 aromatic heterocycles. The minimum atomic E-state index is -0.302. The molecular formula is C16H13BrCl2. The Morgan fingerprint density at radius 1 is 0.895 bits per heavy atom. The molecule has 0 nitrogen and oxygen atoms in total. The molecule has 0 unspecified atom stereocenters. The van der Waals surface area contributed by atoms with Gasteiger partial charge in [-0.1, -0.05) is 69.5 Å². The summed E-state index contributed by atoms with van der Waals surface area (Å²) in [5.74, 6) is 0. The van der Waals surface area contributed by atoms with Gasteiger partial charge in [-0.15, -0.1) is 6.58 Å². The SMILES string of the molecule is C=CCC(Br)(c1ccc(Cl)cc1)c1ccc(Cl)cc1. The molecule has 0 aliphatic heterocycles. The molecular weight excluding hydrogens is 343 g/mol. The summed E-state index contributed by atoms with van der Waals surface area (Å²) in [4.78, 5) is 0. The standard InChI is InChI=1S/C16H13BrCl2/c1-2-11-16(17,12-3-7-14(18)8-4-12)13-5-9-15(19)10-6-13/h2-10H,1,11H2. The van der Waals surface area contributed by atoms with E-state index in [1.807, 2.05) is 54.6 Å². The van der Waals surface area contributed by atoms with Gasteiger partial charge in [0.1, 0.15) is 0 Å². The zero-order valence-electron chi connectivity index (χ0n) is 10.2. The van der Waals surface area contributed by atoms with Gasteiger partial charge >= 0.3 is 0 Å². The smallest absolute Gasteiger partial charge is 0.0788 e. The second-order valence-corrected chi connectivity index (χ2v) is 6.53. The molecule has 0 saturated heterocycles. The molecule has 0 saturated carbocycles. The molecule has 0 spiro atoms. The number of hydrogen-bond donors (Lipinski definition) is 0. The second kappa shape index (κ2) is 6.13. The first-order valence-electron chi connectivity index (χ1n) is 5.88. The van der Waals surface area contributed by atoms with E-state index >= 15 is 0 Å². The van der Waals surface area contributed by atoms with Gasteiger partial charge in [0.05, 0.1) is 4.32 Å². The van der Waals surface area contributed by atoms with Crippen molar-refractivity contribution in [3.05, 3.63) is 82.4 Å². The van der Waals surface area contributed by atoms with Gasteiger partial charge in [0.15, 0.2) is 0 Å². The van der Waals surface area contributed by atoms with E-state index in [9.17, 15) is 0 Å². The van der Waals surface area contributed by atoms with Crippen LogP contribution in [0.2, 0.25) is 10.0 Å². The van der Waals surface area contributed by atoms with Crippen molar-refractivity contribution in [2.75, 3.05) is 0 Å². The van der Waals surface area contributed by atoms with E-state index < -0.39 is 0 Å². The van der Waals surface area contributed by atoms with Crippen LogP contribution in [0.15, 0.2) is 61.2 Å². The topological polar surface area (TPSA) is 0 Å². The van der Waals surface area contributed by atoms with Gasteiger partial charge in [0.2, 0.25) is 0 Å². The normalized spacial score (nSPS) is 11.3. The summed E-state index contributed by atoms with van der Waals surface area (Å²) in [5.41, 5.74) is 2.28. The van der Waals surface area contributed by atoms with Crippen molar-refractivity contribution >= 4 is 39.1 Å². The maximum absolute atomic E-state index is 5.95. The highest BCUT2D eigenvalue weighted by Crippen LogP contribution is 2.42. The van der Waals surface area contributed by atoms with Gasteiger partial charge in [-0.05, 0) is 41.8 Å². The Morgan fingerprint density at radius 2 is 1.26 bits per heavy atom. The van der Waals surface area contributed by atoms with Gasteiger partial charge in [-0.25, -0.2) is 0 Å². The van der Waals surface area contributed by atoms with Crippen LogP contribution >= 0.6 is 39.1 Å². The summed E-state index contributed by atoms with van der Waals surface area (Å²) >= 11 is 15.8. The summed E-state index contributed by atoms with van der Waals surface area (Å²) in [6, 6.07) is 15.7. The molecule has 19 heavy (non-hydrogen) atoms. The predicted octanol–water partition coefficient (Wildman–Crippen LogP) is 6.21. The fourth-order valence-corrected chi connectivity index (χ4v) is 3.04. The minimum absolute atomic E-state index is 0.302. The maximum Gasteiger partial charge on any atom is 0.0788 e. The fourth-order valence-electron chi connectivity index (χ4n) is 2.03. The summed E-state index contributed by atoms with van der Waals surface area (Å²) < 4.78 is -0.302. The lowest BCUT2D eigenvalue weighted by Gasteiger charge is -2.28. The lowest BCUT2D eigenvalue weighted by Crippen LogP contribution is -2.18.